The fourth-order valence-electron chi connectivity index (χ4n) is 4.48. The predicted octanol–water partition coefficient (Wildman–Crippen LogP) is 4.71. The summed E-state index contributed by atoms with van der Waals surface area (Å²) in [6, 6.07) is 15.6. The quantitative estimate of drug-likeness (QED) is 0.523. The molecule has 0 radical (unpaired) electrons. The normalized spacial score (nSPS) is 15.4. The smallest absolute Gasteiger partial charge is 0.309 e. The van der Waals surface area contributed by atoms with Gasteiger partial charge in [-0.2, -0.15) is 0 Å². The number of carbonyl (C=O) groups is 2. The summed E-state index contributed by atoms with van der Waals surface area (Å²) in [5.41, 5.74) is 8.76. The Labute approximate surface area is 189 Å². The summed E-state index contributed by atoms with van der Waals surface area (Å²) in [4.78, 5) is 29.4. The fourth-order valence-corrected chi connectivity index (χ4v) is 4.48. The molecule has 1 unspecified atom stereocenters. The summed E-state index contributed by atoms with van der Waals surface area (Å²) in [7, 11) is 0. The minimum atomic E-state index is -0.359. The first-order valence-corrected chi connectivity index (χ1v) is 11.4. The molecule has 0 amide bonds. The van der Waals surface area contributed by atoms with Crippen molar-refractivity contribution >= 4 is 22.5 Å². The zero-order valence-electron chi connectivity index (χ0n) is 18.3. The number of hydrogen-bond acceptors (Lipinski definition) is 5. The molecule has 0 aliphatic heterocycles. The van der Waals surface area contributed by atoms with Crippen LogP contribution in [0.2, 0.25) is 0 Å². The maximum atomic E-state index is 13.0. The number of rotatable bonds is 8. The molecule has 5 heteroatoms. The van der Waals surface area contributed by atoms with Gasteiger partial charge in [0.1, 0.15) is 12.4 Å². The minimum absolute atomic E-state index is 0.0497. The molecule has 166 valence electrons. The summed E-state index contributed by atoms with van der Waals surface area (Å²) in [5, 5.41) is 2.13. The maximum absolute atomic E-state index is 13.0. The van der Waals surface area contributed by atoms with E-state index in [1.165, 1.54) is 6.42 Å². The number of hydrogen-bond donors (Lipinski definition) is 1. The van der Waals surface area contributed by atoms with Crippen LogP contribution in [0.1, 0.15) is 54.7 Å². The number of aromatic nitrogens is 1. The van der Waals surface area contributed by atoms with Crippen LogP contribution in [0.15, 0.2) is 60.9 Å². The van der Waals surface area contributed by atoms with E-state index in [1.54, 1.807) is 6.20 Å². The average molecular weight is 431 g/mol. The van der Waals surface area contributed by atoms with Gasteiger partial charge < -0.3 is 10.5 Å². The van der Waals surface area contributed by atoms with Gasteiger partial charge in [-0.3, -0.25) is 14.6 Å². The van der Waals surface area contributed by atoms with E-state index in [9.17, 15) is 9.59 Å². The van der Waals surface area contributed by atoms with Gasteiger partial charge in [0, 0.05) is 30.7 Å². The number of ketones is 1. The Kier molecular flexibility index (Phi) is 7.28. The average Bonchev–Trinajstić information content (AvgIpc) is 2.84. The van der Waals surface area contributed by atoms with Crippen molar-refractivity contribution in [2.75, 3.05) is 6.54 Å². The van der Waals surface area contributed by atoms with Crippen LogP contribution in [0.3, 0.4) is 0 Å². The molecule has 1 aliphatic carbocycles. The van der Waals surface area contributed by atoms with Gasteiger partial charge in [0.15, 0.2) is 0 Å². The van der Waals surface area contributed by atoms with Crippen LogP contribution in [-0.4, -0.2) is 23.3 Å². The molecule has 32 heavy (non-hydrogen) atoms. The fraction of sp³-hybridized carbons (Fsp3) is 0.370. The largest absolute Gasteiger partial charge is 0.461 e. The van der Waals surface area contributed by atoms with E-state index in [1.807, 2.05) is 54.7 Å². The van der Waals surface area contributed by atoms with Gasteiger partial charge >= 0.3 is 5.97 Å². The first-order chi connectivity index (χ1) is 15.6. The zero-order chi connectivity index (χ0) is 22.3. The van der Waals surface area contributed by atoms with Crippen LogP contribution in [0, 0.1) is 5.92 Å². The second kappa shape index (κ2) is 10.5. The van der Waals surface area contributed by atoms with Gasteiger partial charge in [0.05, 0.1) is 11.8 Å². The van der Waals surface area contributed by atoms with Crippen LogP contribution in [-0.2, 0) is 27.4 Å². The van der Waals surface area contributed by atoms with Crippen molar-refractivity contribution in [1.29, 1.82) is 0 Å². The second-order valence-corrected chi connectivity index (χ2v) is 8.67. The SMILES string of the molecule is NCC(C(=O)Cc1ccc2cnccc2c1)c1ccc(COC(=O)C2CCCCC2)cc1. The summed E-state index contributed by atoms with van der Waals surface area (Å²) in [5.74, 6) is -0.303. The third kappa shape index (κ3) is 5.40. The monoisotopic (exact) mass is 430 g/mol. The van der Waals surface area contributed by atoms with Crippen molar-refractivity contribution in [3.8, 4) is 0 Å². The first-order valence-electron chi connectivity index (χ1n) is 11.4. The van der Waals surface area contributed by atoms with E-state index < -0.39 is 0 Å². The standard InChI is InChI=1S/C27H30N2O3/c28-16-25(26(30)15-20-8-11-24-17-29-13-12-23(24)14-20)21-9-6-19(7-10-21)18-32-27(31)22-4-2-1-3-5-22/h6-14,17,22,25H,1-5,15-16,18,28H2. The molecule has 1 fully saturated rings. The lowest BCUT2D eigenvalue weighted by Gasteiger charge is -2.20. The molecule has 0 bridgehead atoms. The third-order valence-electron chi connectivity index (χ3n) is 6.41. The van der Waals surface area contributed by atoms with Crippen molar-refractivity contribution in [1.82, 2.24) is 4.98 Å². The molecular weight excluding hydrogens is 400 g/mol. The molecule has 4 rings (SSSR count). The lowest BCUT2D eigenvalue weighted by atomic mass is 9.89. The Hall–Kier alpha value is -3.05. The van der Waals surface area contributed by atoms with E-state index in [4.69, 9.17) is 10.5 Å². The van der Waals surface area contributed by atoms with Crippen LogP contribution in [0.4, 0.5) is 0 Å². The van der Waals surface area contributed by atoms with E-state index >= 15 is 0 Å². The molecule has 2 N–H and O–H groups in total. The highest BCUT2D eigenvalue weighted by Gasteiger charge is 2.23. The molecule has 5 nitrogen and oxygen atoms in total. The summed E-state index contributed by atoms with van der Waals surface area (Å²) in [6.07, 6.45) is 9.21. The van der Waals surface area contributed by atoms with Crippen molar-refractivity contribution < 1.29 is 14.3 Å². The van der Waals surface area contributed by atoms with Gasteiger partial charge in [-0.1, -0.05) is 61.7 Å². The Morgan fingerprint density at radius 3 is 2.47 bits per heavy atom. The van der Waals surface area contributed by atoms with Crippen LogP contribution in [0.5, 0.6) is 0 Å². The third-order valence-corrected chi connectivity index (χ3v) is 6.41. The number of benzene rings is 2. The van der Waals surface area contributed by atoms with E-state index in [2.05, 4.69) is 4.98 Å². The molecular formula is C27H30N2O3. The number of fused-ring (bicyclic) bond motifs is 1. The van der Waals surface area contributed by atoms with Crippen LogP contribution < -0.4 is 5.73 Å². The predicted molar refractivity (Wildman–Crippen MR) is 125 cm³/mol. The molecule has 1 aliphatic rings. The van der Waals surface area contributed by atoms with Gasteiger partial charge in [0.2, 0.25) is 0 Å². The maximum Gasteiger partial charge on any atom is 0.309 e. The molecule has 1 atom stereocenters. The number of nitrogens with two attached hydrogens (primary N) is 1. The minimum Gasteiger partial charge on any atom is -0.461 e. The van der Waals surface area contributed by atoms with Crippen LogP contribution >= 0.6 is 0 Å². The summed E-state index contributed by atoms with van der Waals surface area (Å²) < 4.78 is 5.52. The molecule has 1 saturated carbocycles. The van der Waals surface area contributed by atoms with Crippen LogP contribution in [0.25, 0.3) is 10.8 Å². The number of ether oxygens (including phenoxy) is 1. The van der Waals surface area contributed by atoms with Crippen molar-refractivity contribution in [2.45, 2.75) is 51.0 Å². The summed E-state index contributed by atoms with van der Waals surface area (Å²) >= 11 is 0. The van der Waals surface area contributed by atoms with Crippen molar-refractivity contribution in [3.63, 3.8) is 0 Å². The zero-order valence-corrected chi connectivity index (χ0v) is 18.3. The van der Waals surface area contributed by atoms with E-state index in [0.29, 0.717) is 6.42 Å². The van der Waals surface area contributed by atoms with Crippen molar-refractivity contribution in [3.05, 3.63) is 77.6 Å². The molecule has 3 aromatic rings. The molecule has 0 spiro atoms. The number of Topliss-reactive ketones (excluding diaryl/α,β-unsaturated/α-hetero) is 1. The highest BCUT2D eigenvalue weighted by Crippen LogP contribution is 2.25. The van der Waals surface area contributed by atoms with Gasteiger partial charge in [-0.25, -0.2) is 0 Å². The van der Waals surface area contributed by atoms with E-state index in [0.717, 1.165) is 53.1 Å². The highest BCUT2D eigenvalue weighted by molar-refractivity contribution is 5.89. The number of carbonyl (C=O) groups excluding carboxylic acids is 2. The lowest BCUT2D eigenvalue weighted by molar-refractivity contribution is -0.151. The number of esters is 1. The Morgan fingerprint density at radius 1 is 0.969 bits per heavy atom. The lowest BCUT2D eigenvalue weighted by Crippen LogP contribution is -2.23. The van der Waals surface area contributed by atoms with E-state index in [-0.39, 0.29) is 36.7 Å². The Bertz CT molecular complexity index is 1070. The Balaban J connectivity index is 1.36. The first kappa shape index (κ1) is 22.2. The topological polar surface area (TPSA) is 82.3 Å². The number of nitrogens with zero attached hydrogens (tertiary/aromatic N) is 1. The number of pyridine rings is 1. The molecule has 1 aromatic heterocycles. The van der Waals surface area contributed by atoms with Crippen molar-refractivity contribution in [2.24, 2.45) is 11.7 Å². The molecule has 2 aromatic carbocycles. The van der Waals surface area contributed by atoms with Gasteiger partial charge in [-0.15, -0.1) is 0 Å². The molecule has 1 heterocycles. The van der Waals surface area contributed by atoms with Gasteiger partial charge in [-0.05, 0) is 41.0 Å². The Morgan fingerprint density at radius 2 is 1.72 bits per heavy atom. The van der Waals surface area contributed by atoms with Gasteiger partial charge in [0.25, 0.3) is 0 Å². The second-order valence-electron chi connectivity index (χ2n) is 8.67. The molecule has 0 saturated heterocycles. The summed E-state index contributed by atoms with van der Waals surface area (Å²) in [6.45, 7) is 0.523. The highest BCUT2D eigenvalue weighted by atomic mass is 16.5.